The molecular weight excluding hydrogens is 330 g/mol. The van der Waals surface area contributed by atoms with E-state index in [-0.39, 0.29) is 11.9 Å². The Labute approximate surface area is 154 Å². The molecule has 1 N–H and O–H groups in total. The zero-order chi connectivity index (χ0) is 18.7. The highest BCUT2D eigenvalue weighted by Gasteiger charge is 2.27. The molecule has 3 rings (SSSR count). The molecule has 0 radical (unpaired) electrons. The molecule has 2 heterocycles. The standard InChI is InChI=1S/C19H27N5O2/c1-13-9-14(22-17(25)12-23(2)3)11-24(10-13)15-5-6-16(26-4)19-18(15)20-7-8-21-19/h5-8,13-14H,9-12H2,1-4H3,(H,22,25)/t13-,14+/m0/s1. The second-order valence-corrected chi connectivity index (χ2v) is 7.29. The number of amides is 1. The summed E-state index contributed by atoms with van der Waals surface area (Å²) in [5.74, 6) is 1.26. The highest BCUT2D eigenvalue weighted by molar-refractivity contribution is 5.92. The third-order valence-electron chi connectivity index (χ3n) is 4.61. The van der Waals surface area contributed by atoms with Crippen molar-refractivity contribution in [2.24, 2.45) is 5.92 Å². The van der Waals surface area contributed by atoms with E-state index in [2.05, 4.69) is 27.1 Å². The summed E-state index contributed by atoms with van der Waals surface area (Å²) in [5, 5.41) is 3.17. The van der Waals surface area contributed by atoms with Gasteiger partial charge in [0.2, 0.25) is 5.91 Å². The summed E-state index contributed by atoms with van der Waals surface area (Å²) in [6.45, 7) is 4.32. The fourth-order valence-corrected chi connectivity index (χ4v) is 3.65. The molecule has 1 aliphatic rings. The fraction of sp³-hybridized carbons (Fsp3) is 0.526. The van der Waals surface area contributed by atoms with Crippen LogP contribution in [0.25, 0.3) is 11.0 Å². The average Bonchev–Trinajstić information content (AvgIpc) is 2.59. The number of likely N-dealkylation sites (N-methyl/N-ethyl adjacent to an activating group) is 1. The first-order valence-electron chi connectivity index (χ1n) is 8.94. The summed E-state index contributed by atoms with van der Waals surface area (Å²) in [4.78, 5) is 25.3. The molecule has 1 amide bonds. The van der Waals surface area contributed by atoms with Crippen molar-refractivity contribution in [2.45, 2.75) is 19.4 Å². The Hall–Kier alpha value is -2.41. The van der Waals surface area contributed by atoms with Crippen LogP contribution in [0.3, 0.4) is 0 Å². The van der Waals surface area contributed by atoms with E-state index < -0.39 is 0 Å². The SMILES string of the molecule is COc1ccc(N2C[C@@H](C)C[C@@H](NC(=O)CN(C)C)C2)c2nccnc12. The van der Waals surface area contributed by atoms with E-state index in [1.54, 1.807) is 19.5 Å². The molecule has 26 heavy (non-hydrogen) atoms. The van der Waals surface area contributed by atoms with E-state index in [4.69, 9.17) is 4.74 Å². The summed E-state index contributed by atoms with van der Waals surface area (Å²) in [7, 11) is 5.44. The lowest BCUT2D eigenvalue weighted by atomic mass is 9.95. The van der Waals surface area contributed by atoms with Gasteiger partial charge in [0, 0.05) is 31.5 Å². The molecule has 0 spiro atoms. The number of carbonyl (C=O) groups is 1. The van der Waals surface area contributed by atoms with Crippen molar-refractivity contribution < 1.29 is 9.53 Å². The van der Waals surface area contributed by atoms with Crippen LogP contribution in [-0.4, -0.2) is 67.7 Å². The maximum atomic E-state index is 12.2. The fourth-order valence-electron chi connectivity index (χ4n) is 3.65. The van der Waals surface area contributed by atoms with Crippen LogP contribution < -0.4 is 15.0 Å². The zero-order valence-corrected chi connectivity index (χ0v) is 15.9. The van der Waals surface area contributed by atoms with Crippen LogP contribution in [0.2, 0.25) is 0 Å². The lowest BCUT2D eigenvalue weighted by molar-refractivity contribution is -0.122. The number of nitrogens with one attached hydrogen (secondary N) is 1. The molecule has 140 valence electrons. The molecular formula is C19H27N5O2. The second-order valence-electron chi connectivity index (χ2n) is 7.29. The maximum Gasteiger partial charge on any atom is 0.234 e. The molecule has 1 fully saturated rings. The molecule has 2 atom stereocenters. The summed E-state index contributed by atoms with van der Waals surface area (Å²) in [6, 6.07) is 4.10. The van der Waals surface area contributed by atoms with Gasteiger partial charge in [-0.1, -0.05) is 6.92 Å². The van der Waals surface area contributed by atoms with Crippen molar-refractivity contribution in [3.63, 3.8) is 0 Å². The van der Waals surface area contributed by atoms with Gasteiger partial charge in [0.05, 0.1) is 19.3 Å². The Bertz CT molecular complexity index is 780. The van der Waals surface area contributed by atoms with E-state index in [0.717, 1.165) is 42.0 Å². The van der Waals surface area contributed by atoms with E-state index in [1.807, 2.05) is 31.1 Å². The molecule has 1 saturated heterocycles. The van der Waals surface area contributed by atoms with E-state index in [9.17, 15) is 4.79 Å². The first kappa shape index (κ1) is 18.4. The van der Waals surface area contributed by atoms with E-state index in [1.165, 1.54) is 0 Å². The van der Waals surface area contributed by atoms with Crippen molar-refractivity contribution in [1.29, 1.82) is 0 Å². The molecule has 1 aliphatic heterocycles. The highest BCUT2D eigenvalue weighted by Crippen LogP contribution is 2.33. The van der Waals surface area contributed by atoms with Crippen LogP contribution >= 0.6 is 0 Å². The van der Waals surface area contributed by atoms with Crippen molar-refractivity contribution in [2.75, 3.05) is 45.7 Å². The maximum absolute atomic E-state index is 12.2. The van der Waals surface area contributed by atoms with Gasteiger partial charge in [0.25, 0.3) is 0 Å². The number of nitrogens with zero attached hydrogens (tertiary/aromatic N) is 4. The minimum atomic E-state index is 0.0634. The second kappa shape index (κ2) is 7.86. The number of hydrogen-bond acceptors (Lipinski definition) is 6. The Morgan fingerprint density at radius 1 is 1.27 bits per heavy atom. The first-order valence-corrected chi connectivity index (χ1v) is 8.94. The largest absolute Gasteiger partial charge is 0.494 e. The van der Waals surface area contributed by atoms with E-state index >= 15 is 0 Å². The Balaban J connectivity index is 1.84. The number of fused-ring (bicyclic) bond motifs is 1. The molecule has 2 aromatic rings. The lowest BCUT2D eigenvalue weighted by Gasteiger charge is -2.38. The number of benzene rings is 1. The van der Waals surface area contributed by atoms with Gasteiger partial charge in [0.15, 0.2) is 0 Å². The van der Waals surface area contributed by atoms with Crippen LogP contribution in [0.1, 0.15) is 13.3 Å². The van der Waals surface area contributed by atoms with Gasteiger partial charge >= 0.3 is 0 Å². The molecule has 0 unspecified atom stereocenters. The number of methoxy groups -OCH3 is 1. The lowest BCUT2D eigenvalue weighted by Crippen LogP contribution is -2.52. The smallest absolute Gasteiger partial charge is 0.234 e. The molecule has 0 aliphatic carbocycles. The van der Waals surface area contributed by atoms with Gasteiger partial charge in [-0.15, -0.1) is 0 Å². The van der Waals surface area contributed by atoms with Gasteiger partial charge in [-0.25, -0.2) is 4.98 Å². The Kier molecular flexibility index (Phi) is 5.56. The van der Waals surface area contributed by atoms with Crippen molar-refractivity contribution in [3.8, 4) is 5.75 Å². The van der Waals surface area contributed by atoms with Crippen molar-refractivity contribution in [3.05, 3.63) is 24.5 Å². The summed E-state index contributed by atoms with van der Waals surface area (Å²) in [6.07, 6.45) is 4.36. The zero-order valence-electron chi connectivity index (χ0n) is 15.9. The molecule has 7 heteroatoms. The quantitative estimate of drug-likeness (QED) is 0.875. The number of ether oxygens (including phenoxy) is 1. The minimum absolute atomic E-state index is 0.0634. The predicted octanol–water partition coefficient (Wildman–Crippen LogP) is 1.53. The van der Waals surface area contributed by atoms with Gasteiger partial charge < -0.3 is 19.9 Å². The number of piperidine rings is 1. The number of rotatable bonds is 5. The Morgan fingerprint density at radius 2 is 2.00 bits per heavy atom. The summed E-state index contributed by atoms with van der Waals surface area (Å²) >= 11 is 0. The number of hydrogen-bond donors (Lipinski definition) is 1. The van der Waals surface area contributed by atoms with Crippen LogP contribution in [0.15, 0.2) is 24.5 Å². The number of aromatic nitrogens is 2. The Morgan fingerprint density at radius 3 is 2.69 bits per heavy atom. The van der Waals surface area contributed by atoms with Crippen LogP contribution in [0.4, 0.5) is 5.69 Å². The molecule has 1 aromatic carbocycles. The average molecular weight is 357 g/mol. The van der Waals surface area contributed by atoms with E-state index in [0.29, 0.717) is 12.5 Å². The number of anilines is 1. The van der Waals surface area contributed by atoms with Crippen molar-refractivity contribution in [1.82, 2.24) is 20.2 Å². The molecule has 1 aromatic heterocycles. The first-order chi connectivity index (χ1) is 12.5. The highest BCUT2D eigenvalue weighted by atomic mass is 16.5. The third-order valence-corrected chi connectivity index (χ3v) is 4.61. The molecule has 0 bridgehead atoms. The monoisotopic (exact) mass is 357 g/mol. The minimum Gasteiger partial charge on any atom is -0.494 e. The van der Waals surface area contributed by atoms with Gasteiger partial charge in [-0.05, 0) is 38.6 Å². The predicted molar refractivity (Wildman–Crippen MR) is 103 cm³/mol. The van der Waals surface area contributed by atoms with Crippen molar-refractivity contribution >= 4 is 22.6 Å². The normalized spacial score (nSPS) is 20.4. The van der Waals surface area contributed by atoms with Gasteiger partial charge in [-0.3, -0.25) is 9.78 Å². The van der Waals surface area contributed by atoms with Crippen LogP contribution in [0.5, 0.6) is 5.75 Å². The molecule has 0 saturated carbocycles. The topological polar surface area (TPSA) is 70.6 Å². The van der Waals surface area contributed by atoms with Crippen LogP contribution in [-0.2, 0) is 4.79 Å². The molecule has 7 nitrogen and oxygen atoms in total. The number of carbonyl (C=O) groups excluding carboxylic acids is 1. The van der Waals surface area contributed by atoms with Crippen LogP contribution in [0, 0.1) is 5.92 Å². The van der Waals surface area contributed by atoms with Gasteiger partial charge in [-0.2, -0.15) is 0 Å². The third kappa shape index (κ3) is 4.04. The summed E-state index contributed by atoms with van der Waals surface area (Å²) in [5.41, 5.74) is 2.63. The van der Waals surface area contributed by atoms with Gasteiger partial charge in [0.1, 0.15) is 16.8 Å². The summed E-state index contributed by atoms with van der Waals surface area (Å²) < 4.78 is 5.42.